The van der Waals surface area contributed by atoms with E-state index >= 15 is 0 Å². The summed E-state index contributed by atoms with van der Waals surface area (Å²) in [5.74, 6) is -0.291. The van der Waals surface area contributed by atoms with Gasteiger partial charge in [0.2, 0.25) is 5.60 Å². The maximum absolute atomic E-state index is 12.3. The number of carbonyl (C=O) groups excluding carboxylic acids is 1. The fourth-order valence-electron chi connectivity index (χ4n) is 2.26. The van der Waals surface area contributed by atoms with Crippen LogP contribution >= 0.6 is 11.3 Å². The Kier molecular flexibility index (Phi) is 2.11. The molecule has 1 unspecified atom stereocenters. The minimum Gasteiger partial charge on any atom is -0.371 e. The number of para-hydroxylation sites is 1. The molecule has 0 bridgehead atoms. The van der Waals surface area contributed by atoms with Crippen molar-refractivity contribution in [3.63, 3.8) is 0 Å². The Labute approximate surface area is 103 Å². The van der Waals surface area contributed by atoms with E-state index in [2.05, 4.69) is 0 Å². The van der Waals surface area contributed by atoms with E-state index in [-0.39, 0.29) is 5.91 Å². The fraction of sp³-hybridized carbons (Fsp3) is 0.154. The fourth-order valence-corrected chi connectivity index (χ4v) is 3.09. The summed E-state index contributed by atoms with van der Waals surface area (Å²) < 4.78 is 0. The number of nitrogens with zero attached hydrogens (tertiary/aromatic N) is 1. The van der Waals surface area contributed by atoms with Gasteiger partial charge in [-0.3, -0.25) is 4.79 Å². The van der Waals surface area contributed by atoms with Gasteiger partial charge in [-0.1, -0.05) is 24.3 Å². The zero-order valence-corrected chi connectivity index (χ0v) is 10.1. The monoisotopic (exact) mass is 245 g/mol. The first-order valence-electron chi connectivity index (χ1n) is 5.29. The minimum absolute atomic E-state index is 0.291. The van der Waals surface area contributed by atoms with Crippen LogP contribution in [0.3, 0.4) is 0 Å². The number of benzene rings is 1. The number of anilines is 1. The molecule has 1 aromatic carbocycles. The van der Waals surface area contributed by atoms with Crippen LogP contribution < -0.4 is 4.90 Å². The van der Waals surface area contributed by atoms with E-state index in [0.717, 1.165) is 5.69 Å². The first-order chi connectivity index (χ1) is 8.15. The van der Waals surface area contributed by atoms with Gasteiger partial charge in [0, 0.05) is 12.6 Å². The summed E-state index contributed by atoms with van der Waals surface area (Å²) in [6.07, 6.45) is 0. The molecule has 1 atom stereocenters. The lowest BCUT2D eigenvalue weighted by molar-refractivity contribution is -0.131. The van der Waals surface area contributed by atoms with Crippen molar-refractivity contribution in [3.8, 4) is 0 Å². The molecule has 0 radical (unpaired) electrons. The van der Waals surface area contributed by atoms with E-state index in [4.69, 9.17) is 0 Å². The normalized spacial score (nSPS) is 22.9. The lowest BCUT2D eigenvalue weighted by Gasteiger charge is -2.20. The number of rotatable bonds is 1. The molecular formula is C13H11NO2S. The van der Waals surface area contributed by atoms with E-state index in [9.17, 15) is 9.90 Å². The summed E-state index contributed by atoms with van der Waals surface area (Å²) in [5, 5.41) is 12.6. The molecule has 1 aliphatic heterocycles. The van der Waals surface area contributed by atoms with Gasteiger partial charge < -0.3 is 10.0 Å². The van der Waals surface area contributed by atoms with Crippen LogP contribution in [0.5, 0.6) is 0 Å². The van der Waals surface area contributed by atoms with Crippen molar-refractivity contribution < 1.29 is 9.90 Å². The average Bonchev–Trinajstić information content (AvgIpc) is 2.95. The predicted octanol–water partition coefficient (Wildman–Crippen LogP) is 1.96. The summed E-state index contributed by atoms with van der Waals surface area (Å²) in [4.78, 5) is 14.4. The molecule has 3 rings (SSSR count). The molecule has 1 N–H and O–H groups in total. The largest absolute Gasteiger partial charge is 0.371 e. The molecule has 2 aromatic rings. The highest BCUT2D eigenvalue weighted by Crippen LogP contribution is 2.44. The quantitative estimate of drug-likeness (QED) is 0.834. The van der Waals surface area contributed by atoms with Gasteiger partial charge in [-0.25, -0.2) is 0 Å². The van der Waals surface area contributed by atoms with E-state index in [1.807, 2.05) is 29.6 Å². The molecular weight excluding hydrogens is 234 g/mol. The van der Waals surface area contributed by atoms with Crippen LogP contribution in [0.15, 0.2) is 41.8 Å². The van der Waals surface area contributed by atoms with Gasteiger partial charge in [-0.15, -0.1) is 11.3 Å². The van der Waals surface area contributed by atoms with Crippen LogP contribution in [-0.4, -0.2) is 18.1 Å². The molecule has 0 saturated heterocycles. The molecule has 3 nitrogen and oxygen atoms in total. The van der Waals surface area contributed by atoms with Gasteiger partial charge in [-0.2, -0.15) is 0 Å². The van der Waals surface area contributed by atoms with Gasteiger partial charge in [-0.05, 0) is 17.5 Å². The third-order valence-electron chi connectivity index (χ3n) is 3.15. The molecule has 2 heterocycles. The summed E-state index contributed by atoms with van der Waals surface area (Å²) in [7, 11) is 1.69. The Bertz CT molecular complexity index is 579. The Morgan fingerprint density at radius 3 is 2.71 bits per heavy atom. The molecule has 0 saturated carbocycles. The summed E-state index contributed by atoms with van der Waals surface area (Å²) in [6.45, 7) is 0. The van der Waals surface area contributed by atoms with E-state index in [0.29, 0.717) is 10.4 Å². The van der Waals surface area contributed by atoms with Crippen molar-refractivity contribution in [1.82, 2.24) is 0 Å². The highest BCUT2D eigenvalue weighted by atomic mass is 32.1. The second-order valence-electron chi connectivity index (χ2n) is 4.07. The second kappa shape index (κ2) is 3.42. The molecule has 1 aliphatic rings. The summed E-state index contributed by atoms with van der Waals surface area (Å²) >= 11 is 1.39. The van der Waals surface area contributed by atoms with Crippen LogP contribution in [0.2, 0.25) is 0 Å². The first kappa shape index (κ1) is 10.5. The van der Waals surface area contributed by atoms with Gasteiger partial charge in [0.1, 0.15) is 0 Å². The zero-order chi connectivity index (χ0) is 12.0. The highest BCUT2D eigenvalue weighted by molar-refractivity contribution is 7.10. The lowest BCUT2D eigenvalue weighted by Crippen LogP contribution is -2.38. The SMILES string of the molecule is CN1C(=O)C(O)(c2cccs2)c2ccccc21. The summed E-state index contributed by atoms with van der Waals surface area (Å²) in [6, 6.07) is 11.0. The van der Waals surface area contributed by atoms with Crippen molar-refractivity contribution in [2.45, 2.75) is 5.60 Å². The van der Waals surface area contributed by atoms with Gasteiger partial charge in [0.25, 0.3) is 5.91 Å². The van der Waals surface area contributed by atoms with Crippen LogP contribution in [0.4, 0.5) is 5.69 Å². The Hall–Kier alpha value is -1.65. The minimum atomic E-state index is -1.51. The highest BCUT2D eigenvalue weighted by Gasteiger charge is 2.50. The standard InChI is InChI=1S/C13H11NO2S/c1-14-10-6-3-2-5-9(10)13(16,12(14)15)11-7-4-8-17-11/h2-8,16H,1H3. The van der Waals surface area contributed by atoms with Crippen LogP contribution in [0.1, 0.15) is 10.4 Å². The zero-order valence-electron chi connectivity index (χ0n) is 9.25. The van der Waals surface area contributed by atoms with Crippen LogP contribution in [-0.2, 0) is 10.4 Å². The van der Waals surface area contributed by atoms with Crippen molar-refractivity contribution >= 4 is 22.9 Å². The maximum atomic E-state index is 12.3. The third-order valence-corrected chi connectivity index (χ3v) is 4.13. The maximum Gasteiger partial charge on any atom is 0.269 e. The Balaban J connectivity index is 2.28. The molecule has 1 aromatic heterocycles. The number of amides is 1. The van der Waals surface area contributed by atoms with Crippen LogP contribution in [0, 0.1) is 0 Å². The molecule has 1 amide bonds. The smallest absolute Gasteiger partial charge is 0.269 e. The number of carbonyl (C=O) groups is 1. The molecule has 0 fully saturated rings. The number of hydrogen-bond acceptors (Lipinski definition) is 3. The Morgan fingerprint density at radius 1 is 1.24 bits per heavy atom. The molecule has 17 heavy (non-hydrogen) atoms. The third kappa shape index (κ3) is 1.22. The Morgan fingerprint density at radius 2 is 2.00 bits per heavy atom. The number of likely N-dealkylation sites (N-methyl/N-ethyl adjacent to an activating group) is 1. The number of aliphatic hydroxyl groups is 1. The van der Waals surface area contributed by atoms with E-state index in [1.54, 1.807) is 19.2 Å². The molecule has 86 valence electrons. The van der Waals surface area contributed by atoms with Gasteiger partial charge in [0.15, 0.2) is 0 Å². The summed E-state index contributed by atoms with van der Waals surface area (Å²) in [5.41, 5.74) is -0.0807. The molecule has 0 spiro atoms. The number of hydrogen-bond donors (Lipinski definition) is 1. The van der Waals surface area contributed by atoms with Crippen molar-refractivity contribution in [3.05, 3.63) is 52.2 Å². The number of thiophene rings is 1. The average molecular weight is 245 g/mol. The molecule has 0 aliphatic carbocycles. The predicted molar refractivity (Wildman–Crippen MR) is 67.2 cm³/mol. The van der Waals surface area contributed by atoms with E-state index < -0.39 is 5.60 Å². The van der Waals surface area contributed by atoms with Crippen LogP contribution in [0.25, 0.3) is 0 Å². The van der Waals surface area contributed by atoms with E-state index in [1.165, 1.54) is 16.2 Å². The number of fused-ring (bicyclic) bond motifs is 1. The van der Waals surface area contributed by atoms with Gasteiger partial charge in [0.05, 0.1) is 10.6 Å². The van der Waals surface area contributed by atoms with Crippen molar-refractivity contribution in [1.29, 1.82) is 0 Å². The lowest BCUT2D eigenvalue weighted by atomic mass is 9.94. The second-order valence-corrected chi connectivity index (χ2v) is 5.02. The van der Waals surface area contributed by atoms with Gasteiger partial charge >= 0.3 is 0 Å². The first-order valence-corrected chi connectivity index (χ1v) is 6.17. The van der Waals surface area contributed by atoms with Crippen molar-refractivity contribution in [2.24, 2.45) is 0 Å². The topological polar surface area (TPSA) is 40.5 Å². The van der Waals surface area contributed by atoms with Crippen molar-refractivity contribution in [2.75, 3.05) is 11.9 Å². The molecule has 4 heteroatoms.